The van der Waals surface area contributed by atoms with Gasteiger partial charge in [-0.2, -0.15) is 0 Å². The van der Waals surface area contributed by atoms with Gasteiger partial charge in [0.05, 0.1) is 13.7 Å². The summed E-state index contributed by atoms with van der Waals surface area (Å²) in [5.74, 6) is 0. The molecule has 0 amide bonds. The van der Waals surface area contributed by atoms with Gasteiger partial charge in [0.2, 0.25) is 0 Å². The molecule has 12 heavy (non-hydrogen) atoms. The van der Waals surface area contributed by atoms with Crippen LogP contribution >= 0.6 is 35.3 Å². The van der Waals surface area contributed by atoms with Gasteiger partial charge in [0.25, 0.3) is 0 Å². The van der Waals surface area contributed by atoms with Crippen LogP contribution in [0.3, 0.4) is 0 Å². The van der Waals surface area contributed by atoms with Gasteiger partial charge in [0, 0.05) is 0 Å². The third kappa shape index (κ3) is 3.08. The summed E-state index contributed by atoms with van der Waals surface area (Å²) in [6, 6.07) is 0. The van der Waals surface area contributed by atoms with E-state index in [0.717, 1.165) is 13.7 Å². The third-order valence-corrected chi connectivity index (χ3v) is 7.73. The van der Waals surface area contributed by atoms with E-state index in [2.05, 4.69) is 56.1 Å². The molecular weight excluding hydrogens is 204 g/mol. The summed E-state index contributed by atoms with van der Waals surface area (Å²) in [5.41, 5.74) is 0. The van der Waals surface area contributed by atoms with Gasteiger partial charge in [0.15, 0.2) is 0 Å². The summed E-state index contributed by atoms with van der Waals surface area (Å²) >= 11 is 6.53. The normalized spacial score (nSPS) is 36.8. The highest BCUT2D eigenvalue weighted by Gasteiger charge is 2.27. The SMILES string of the molecule is CCC1SC(CC)SC(CC)S1. The smallest absolute Gasteiger partial charge is 0.0522 e. The predicted octanol–water partition coefficient (Wildman–Crippen LogP) is 4.41. The molecule has 0 radical (unpaired) electrons. The topological polar surface area (TPSA) is 0 Å². The average molecular weight is 222 g/mol. The van der Waals surface area contributed by atoms with Crippen molar-refractivity contribution in [2.45, 2.75) is 53.8 Å². The third-order valence-electron chi connectivity index (χ3n) is 1.91. The highest BCUT2D eigenvalue weighted by atomic mass is 32.3. The Morgan fingerprint density at radius 2 is 0.917 bits per heavy atom. The first-order valence-electron chi connectivity index (χ1n) is 4.76. The monoisotopic (exact) mass is 222 g/mol. The van der Waals surface area contributed by atoms with Gasteiger partial charge in [-0.15, -0.1) is 35.3 Å². The molecule has 0 bridgehead atoms. The van der Waals surface area contributed by atoms with Gasteiger partial charge in [-0.05, 0) is 19.3 Å². The van der Waals surface area contributed by atoms with Crippen LogP contribution in [0.4, 0.5) is 0 Å². The number of hydrogen-bond donors (Lipinski definition) is 0. The molecule has 0 nitrogen and oxygen atoms in total. The van der Waals surface area contributed by atoms with Crippen molar-refractivity contribution >= 4 is 35.3 Å². The zero-order valence-corrected chi connectivity index (χ0v) is 10.5. The van der Waals surface area contributed by atoms with Crippen molar-refractivity contribution in [2.75, 3.05) is 0 Å². The van der Waals surface area contributed by atoms with Gasteiger partial charge in [-0.3, -0.25) is 0 Å². The zero-order chi connectivity index (χ0) is 8.97. The molecule has 0 atom stereocenters. The van der Waals surface area contributed by atoms with Crippen molar-refractivity contribution < 1.29 is 0 Å². The van der Waals surface area contributed by atoms with Crippen LogP contribution in [-0.2, 0) is 0 Å². The summed E-state index contributed by atoms with van der Waals surface area (Å²) in [7, 11) is 0. The van der Waals surface area contributed by atoms with E-state index in [4.69, 9.17) is 0 Å². The lowest BCUT2D eigenvalue weighted by Crippen LogP contribution is -2.16. The Morgan fingerprint density at radius 3 is 1.08 bits per heavy atom. The minimum atomic E-state index is 0.862. The molecule has 0 saturated carbocycles. The first-order valence-corrected chi connectivity index (χ1v) is 7.59. The maximum absolute atomic E-state index is 2.31. The molecule has 0 aromatic heterocycles. The average Bonchev–Trinajstić information content (AvgIpc) is 2.16. The summed E-state index contributed by atoms with van der Waals surface area (Å²) < 4.78 is 2.59. The van der Waals surface area contributed by atoms with E-state index in [-0.39, 0.29) is 0 Å². The molecule has 1 aliphatic heterocycles. The fraction of sp³-hybridized carbons (Fsp3) is 1.00. The second-order valence-electron chi connectivity index (χ2n) is 2.92. The van der Waals surface area contributed by atoms with Crippen molar-refractivity contribution in [3.8, 4) is 0 Å². The van der Waals surface area contributed by atoms with Crippen LogP contribution in [0.15, 0.2) is 0 Å². The van der Waals surface area contributed by atoms with Crippen LogP contribution in [0.5, 0.6) is 0 Å². The summed E-state index contributed by atoms with van der Waals surface area (Å²) in [4.78, 5) is 0. The molecule has 0 aliphatic carbocycles. The van der Waals surface area contributed by atoms with Crippen LogP contribution in [0, 0.1) is 0 Å². The van der Waals surface area contributed by atoms with Gasteiger partial charge in [-0.25, -0.2) is 0 Å². The van der Waals surface area contributed by atoms with Crippen molar-refractivity contribution in [3.63, 3.8) is 0 Å². The van der Waals surface area contributed by atoms with Crippen molar-refractivity contribution in [2.24, 2.45) is 0 Å². The van der Waals surface area contributed by atoms with Gasteiger partial charge >= 0.3 is 0 Å². The standard InChI is InChI=1S/C9H18S3/c1-4-7-10-8(5-2)12-9(6-3)11-7/h7-9H,4-6H2,1-3H3. The molecule has 3 heteroatoms. The minimum Gasteiger partial charge on any atom is -0.133 e. The second-order valence-corrected chi connectivity index (χ2v) is 8.05. The Labute approximate surface area is 89.0 Å². The number of hydrogen-bond acceptors (Lipinski definition) is 3. The van der Waals surface area contributed by atoms with E-state index < -0.39 is 0 Å². The fourth-order valence-electron chi connectivity index (χ4n) is 1.18. The molecular formula is C9H18S3. The molecule has 0 unspecified atom stereocenters. The summed E-state index contributed by atoms with van der Waals surface area (Å²) in [6.45, 7) is 6.92. The highest BCUT2D eigenvalue weighted by molar-refractivity contribution is 8.33. The van der Waals surface area contributed by atoms with E-state index in [1.54, 1.807) is 0 Å². The van der Waals surface area contributed by atoms with Crippen LogP contribution < -0.4 is 0 Å². The molecule has 1 rings (SSSR count). The molecule has 1 heterocycles. The van der Waals surface area contributed by atoms with Crippen molar-refractivity contribution in [3.05, 3.63) is 0 Å². The molecule has 1 aliphatic rings. The largest absolute Gasteiger partial charge is 0.133 e. The lowest BCUT2D eigenvalue weighted by atomic mass is 10.5. The Morgan fingerprint density at radius 1 is 0.667 bits per heavy atom. The highest BCUT2D eigenvalue weighted by Crippen LogP contribution is 2.50. The number of rotatable bonds is 3. The van der Waals surface area contributed by atoms with Gasteiger partial charge in [0.1, 0.15) is 0 Å². The molecule has 0 aromatic rings. The Hall–Kier alpha value is 1.05. The summed E-state index contributed by atoms with van der Waals surface area (Å²) in [5, 5.41) is 0. The van der Waals surface area contributed by atoms with E-state index in [1.165, 1.54) is 19.3 Å². The Balaban J connectivity index is 2.41. The van der Waals surface area contributed by atoms with Crippen molar-refractivity contribution in [1.29, 1.82) is 0 Å². The second kappa shape index (κ2) is 5.71. The minimum absolute atomic E-state index is 0.862. The molecule has 72 valence electrons. The van der Waals surface area contributed by atoms with E-state index in [1.807, 2.05) is 0 Å². The lowest BCUT2D eigenvalue weighted by molar-refractivity contribution is 0.978. The maximum Gasteiger partial charge on any atom is 0.0522 e. The molecule has 0 aromatic carbocycles. The van der Waals surface area contributed by atoms with E-state index in [9.17, 15) is 0 Å². The van der Waals surface area contributed by atoms with Crippen molar-refractivity contribution in [1.82, 2.24) is 0 Å². The van der Waals surface area contributed by atoms with E-state index >= 15 is 0 Å². The first kappa shape index (κ1) is 11.1. The summed E-state index contributed by atoms with van der Waals surface area (Å²) in [6.07, 6.45) is 3.97. The maximum atomic E-state index is 2.31. The number of thioether (sulfide) groups is 3. The van der Waals surface area contributed by atoms with E-state index in [0.29, 0.717) is 0 Å². The van der Waals surface area contributed by atoms with Crippen LogP contribution in [0.2, 0.25) is 0 Å². The van der Waals surface area contributed by atoms with Gasteiger partial charge < -0.3 is 0 Å². The van der Waals surface area contributed by atoms with Crippen LogP contribution in [-0.4, -0.2) is 13.7 Å². The van der Waals surface area contributed by atoms with Crippen LogP contribution in [0.1, 0.15) is 40.0 Å². The quantitative estimate of drug-likeness (QED) is 0.694. The first-order chi connectivity index (χ1) is 5.80. The predicted molar refractivity (Wildman–Crippen MR) is 65.0 cm³/mol. The zero-order valence-electron chi connectivity index (χ0n) is 8.08. The Kier molecular flexibility index (Phi) is 5.30. The van der Waals surface area contributed by atoms with Gasteiger partial charge in [-0.1, -0.05) is 20.8 Å². The fourth-order valence-corrected chi connectivity index (χ4v) is 7.17. The molecule has 0 spiro atoms. The molecule has 0 N–H and O–H groups in total. The van der Waals surface area contributed by atoms with Crippen LogP contribution in [0.25, 0.3) is 0 Å². The lowest BCUT2D eigenvalue weighted by Gasteiger charge is -2.32. The molecule has 1 saturated heterocycles. The Bertz CT molecular complexity index is 97.2. The molecule has 1 fully saturated rings.